The molecule has 0 atom stereocenters. The third kappa shape index (κ3) is 2.50. The van der Waals surface area contributed by atoms with Crippen molar-refractivity contribution in [1.82, 2.24) is 14.8 Å². The molecule has 98 valence electrons. The quantitative estimate of drug-likeness (QED) is 0.839. The zero-order chi connectivity index (χ0) is 13.1. The zero-order valence-electron chi connectivity index (χ0n) is 10.7. The van der Waals surface area contributed by atoms with Crippen LogP contribution in [0.5, 0.6) is 0 Å². The monoisotopic (exact) mass is 256 g/mol. The Balaban J connectivity index is 1.71. The SMILES string of the molecule is O=C(CCn1cncn1)N1CCCc2ccccc21. The van der Waals surface area contributed by atoms with Gasteiger partial charge in [0.25, 0.3) is 0 Å². The van der Waals surface area contributed by atoms with Crippen molar-refractivity contribution in [2.24, 2.45) is 0 Å². The number of anilines is 1. The van der Waals surface area contributed by atoms with Crippen molar-refractivity contribution in [2.45, 2.75) is 25.8 Å². The van der Waals surface area contributed by atoms with Gasteiger partial charge in [-0.25, -0.2) is 4.98 Å². The molecule has 2 aromatic rings. The van der Waals surface area contributed by atoms with Gasteiger partial charge in [0.2, 0.25) is 5.91 Å². The second kappa shape index (κ2) is 5.22. The Kier molecular flexibility index (Phi) is 3.27. The highest BCUT2D eigenvalue weighted by molar-refractivity contribution is 5.94. The van der Waals surface area contributed by atoms with Gasteiger partial charge in [0.15, 0.2) is 0 Å². The van der Waals surface area contributed by atoms with E-state index in [0.717, 1.165) is 25.1 Å². The van der Waals surface area contributed by atoms with Crippen LogP contribution < -0.4 is 4.90 Å². The first-order valence-corrected chi connectivity index (χ1v) is 6.55. The van der Waals surface area contributed by atoms with E-state index >= 15 is 0 Å². The number of amides is 1. The Labute approximate surface area is 111 Å². The molecule has 0 N–H and O–H groups in total. The van der Waals surface area contributed by atoms with E-state index in [1.54, 1.807) is 11.0 Å². The molecule has 1 aromatic carbocycles. The number of hydrogen-bond acceptors (Lipinski definition) is 3. The number of nitrogens with zero attached hydrogens (tertiary/aromatic N) is 4. The van der Waals surface area contributed by atoms with Gasteiger partial charge in [0, 0.05) is 18.7 Å². The van der Waals surface area contributed by atoms with E-state index in [1.165, 1.54) is 11.9 Å². The zero-order valence-corrected chi connectivity index (χ0v) is 10.7. The van der Waals surface area contributed by atoms with Crippen molar-refractivity contribution in [3.63, 3.8) is 0 Å². The number of carbonyl (C=O) groups excluding carboxylic acids is 1. The van der Waals surface area contributed by atoms with E-state index in [-0.39, 0.29) is 5.91 Å². The molecule has 1 aromatic heterocycles. The smallest absolute Gasteiger partial charge is 0.228 e. The van der Waals surface area contributed by atoms with Crippen LogP contribution in [0.1, 0.15) is 18.4 Å². The molecule has 0 saturated carbocycles. The molecular formula is C14H16N4O. The van der Waals surface area contributed by atoms with E-state index in [1.807, 2.05) is 23.1 Å². The van der Waals surface area contributed by atoms with Gasteiger partial charge < -0.3 is 4.90 Å². The summed E-state index contributed by atoms with van der Waals surface area (Å²) in [6, 6.07) is 8.15. The Bertz CT molecular complexity index is 565. The molecule has 3 rings (SSSR count). The van der Waals surface area contributed by atoms with E-state index < -0.39 is 0 Å². The van der Waals surface area contributed by atoms with Gasteiger partial charge >= 0.3 is 0 Å². The highest BCUT2D eigenvalue weighted by atomic mass is 16.2. The van der Waals surface area contributed by atoms with Crippen LogP contribution in [0.25, 0.3) is 0 Å². The number of hydrogen-bond donors (Lipinski definition) is 0. The summed E-state index contributed by atoms with van der Waals surface area (Å²) in [4.78, 5) is 18.1. The number of rotatable bonds is 3. The first-order chi connectivity index (χ1) is 9.34. The highest BCUT2D eigenvalue weighted by Gasteiger charge is 2.21. The number of carbonyl (C=O) groups is 1. The molecule has 2 heterocycles. The second-order valence-electron chi connectivity index (χ2n) is 4.69. The van der Waals surface area contributed by atoms with Gasteiger partial charge in [-0.2, -0.15) is 5.10 Å². The van der Waals surface area contributed by atoms with Gasteiger partial charge in [-0.1, -0.05) is 18.2 Å². The Hall–Kier alpha value is -2.17. The lowest BCUT2D eigenvalue weighted by Gasteiger charge is -2.29. The van der Waals surface area contributed by atoms with Gasteiger partial charge in [-0.05, 0) is 24.5 Å². The Morgan fingerprint density at radius 2 is 2.21 bits per heavy atom. The van der Waals surface area contributed by atoms with Crippen LogP contribution >= 0.6 is 0 Å². The summed E-state index contributed by atoms with van der Waals surface area (Å²) in [7, 11) is 0. The number of benzene rings is 1. The average Bonchev–Trinajstić information content (AvgIpc) is 2.97. The third-order valence-corrected chi connectivity index (χ3v) is 3.43. The molecule has 0 saturated heterocycles. The Morgan fingerprint density at radius 1 is 1.32 bits per heavy atom. The summed E-state index contributed by atoms with van der Waals surface area (Å²) >= 11 is 0. The van der Waals surface area contributed by atoms with Crippen molar-refractivity contribution in [1.29, 1.82) is 0 Å². The van der Waals surface area contributed by atoms with Gasteiger partial charge in [-0.15, -0.1) is 0 Å². The van der Waals surface area contributed by atoms with E-state index in [9.17, 15) is 4.79 Å². The summed E-state index contributed by atoms with van der Waals surface area (Å²) in [6.07, 6.45) is 5.67. The largest absolute Gasteiger partial charge is 0.312 e. The maximum Gasteiger partial charge on any atom is 0.228 e. The molecule has 1 aliphatic rings. The van der Waals surface area contributed by atoms with Crippen LogP contribution in [0.4, 0.5) is 5.69 Å². The summed E-state index contributed by atoms with van der Waals surface area (Å²) < 4.78 is 1.69. The lowest BCUT2D eigenvalue weighted by atomic mass is 10.0. The molecule has 0 spiro atoms. The fourth-order valence-electron chi connectivity index (χ4n) is 2.49. The Morgan fingerprint density at radius 3 is 3.05 bits per heavy atom. The third-order valence-electron chi connectivity index (χ3n) is 3.43. The van der Waals surface area contributed by atoms with Crippen molar-refractivity contribution >= 4 is 11.6 Å². The minimum absolute atomic E-state index is 0.155. The molecule has 1 amide bonds. The topological polar surface area (TPSA) is 51.0 Å². The molecule has 5 heteroatoms. The fraction of sp³-hybridized carbons (Fsp3) is 0.357. The lowest BCUT2D eigenvalue weighted by Crippen LogP contribution is -2.35. The van der Waals surface area contributed by atoms with Crippen molar-refractivity contribution in [2.75, 3.05) is 11.4 Å². The maximum absolute atomic E-state index is 12.3. The second-order valence-corrected chi connectivity index (χ2v) is 4.69. The number of fused-ring (bicyclic) bond motifs is 1. The van der Waals surface area contributed by atoms with Crippen LogP contribution in [-0.2, 0) is 17.8 Å². The minimum atomic E-state index is 0.155. The van der Waals surface area contributed by atoms with Crippen LogP contribution in [0, 0.1) is 0 Å². The number of aryl methyl sites for hydroxylation is 2. The van der Waals surface area contributed by atoms with Crippen LogP contribution in [0.15, 0.2) is 36.9 Å². The number of aromatic nitrogens is 3. The lowest BCUT2D eigenvalue weighted by molar-refractivity contribution is -0.119. The minimum Gasteiger partial charge on any atom is -0.312 e. The molecular weight excluding hydrogens is 240 g/mol. The number of para-hydroxylation sites is 1. The first kappa shape index (κ1) is 11.9. The van der Waals surface area contributed by atoms with Crippen LogP contribution in [0.3, 0.4) is 0 Å². The predicted molar refractivity (Wildman–Crippen MR) is 71.8 cm³/mol. The first-order valence-electron chi connectivity index (χ1n) is 6.55. The van der Waals surface area contributed by atoms with Gasteiger partial charge in [0.1, 0.15) is 12.7 Å². The summed E-state index contributed by atoms with van der Waals surface area (Å²) in [5, 5.41) is 4.01. The van der Waals surface area contributed by atoms with E-state index in [2.05, 4.69) is 16.1 Å². The molecule has 19 heavy (non-hydrogen) atoms. The van der Waals surface area contributed by atoms with Crippen LogP contribution in [0.2, 0.25) is 0 Å². The van der Waals surface area contributed by atoms with E-state index in [0.29, 0.717) is 13.0 Å². The van der Waals surface area contributed by atoms with Crippen molar-refractivity contribution < 1.29 is 4.79 Å². The molecule has 5 nitrogen and oxygen atoms in total. The standard InChI is InChI=1S/C14H16N4O/c19-14(7-9-17-11-15-10-16-17)18-8-3-5-12-4-1-2-6-13(12)18/h1-2,4,6,10-11H,3,5,7-9H2. The average molecular weight is 256 g/mol. The molecule has 0 unspecified atom stereocenters. The van der Waals surface area contributed by atoms with Gasteiger partial charge in [0.05, 0.1) is 6.54 Å². The summed E-state index contributed by atoms with van der Waals surface area (Å²) in [5.41, 5.74) is 2.33. The molecule has 0 bridgehead atoms. The molecule has 1 aliphatic heterocycles. The van der Waals surface area contributed by atoms with Crippen molar-refractivity contribution in [3.8, 4) is 0 Å². The molecule has 0 radical (unpaired) electrons. The predicted octanol–water partition coefficient (Wildman–Crippen LogP) is 1.65. The maximum atomic E-state index is 12.3. The fourth-order valence-corrected chi connectivity index (χ4v) is 2.49. The normalized spacial score (nSPS) is 14.2. The summed E-state index contributed by atoms with van der Waals surface area (Å²) in [5.74, 6) is 0.155. The molecule has 0 aliphatic carbocycles. The van der Waals surface area contributed by atoms with Gasteiger partial charge in [-0.3, -0.25) is 9.48 Å². The van der Waals surface area contributed by atoms with Crippen LogP contribution in [-0.4, -0.2) is 27.2 Å². The van der Waals surface area contributed by atoms with E-state index in [4.69, 9.17) is 0 Å². The van der Waals surface area contributed by atoms with Crippen molar-refractivity contribution in [3.05, 3.63) is 42.5 Å². The highest BCUT2D eigenvalue weighted by Crippen LogP contribution is 2.27. The molecule has 0 fully saturated rings. The summed E-state index contributed by atoms with van der Waals surface area (Å²) in [6.45, 7) is 1.39.